The van der Waals surface area contributed by atoms with Gasteiger partial charge in [-0.05, 0) is 18.9 Å². The highest BCUT2D eigenvalue weighted by Crippen LogP contribution is 2.31. The van der Waals surface area contributed by atoms with E-state index in [2.05, 4.69) is 10.2 Å². The number of amides is 1. The van der Waals surface area contributed by atoms with E-state index in [0.717, 1.165) is 30.6 Å². The first kappa shape index (κ1) is 17.2. The summed E-state index contributed by atoms with van der Waals surface area (Å²) in [5.41, 5.74) is 1.06. The second-order valence-corrected chi connectivity index (χ2v) is 6.78. The zero-order valence-corrected chi connectivity index (χ0v) is 14.2. The molecule has 0 spiro atoms. The Hall–Kier alpha value is -1.59. The Labute approximate surface area is 144 Å². The smallest absolute Gasteiger partial charge is 0.234 e. The van der Waals surface area contributed by atoms with E-state index >= 15 is 0 Å². The first-order chi connectivity index (χ1) is 11.8. The van der Waals surface area contributed by atoms with Gasteiger partial charge in [-0.3, -0.25) is 9.69 Å². The molecule has 1 aromatic carbocycles. The molecular formula is C19H28N2O3. The quantitative estimate of drug-likeness (QED) is 0.839. The van der Waals surface area contributed by atoms with Gasteiger partial charge in [-0.15, -0.1) is 0 Å². The number of carbonyl (C=O) groups is 1. The summed E-state index contributed by atoms with van der Waals surface area (Å²) in [5.74, 6) is 0.907. The normalized spacial score (nSPS) is 21.2. The maximum atomic E-state index is 12.6. The fourth-order valence-electron chi connectivity index (χ4n) is 3.88. The molecule has 24 heavy (non-hydrogen) atoms. The number of rotatable bonds is 6. The summed E-state index contributed by atoms with van der Waals surface area (Å²) in [6, 6.07) is 8.35. The molecule has 0 saturated heterocycles. The molecule has 2 aliphatic rings. The maximum Gasteiger partial charge on any atom is 0.234 e. The molecule has 1 aromatic rings. The van der Waals surface area contributed by atoms with Crippen molar-refractivity contribution in [1.82, 2.24) is 10.2 Å². The van der Waals surface area contributed by atoms with Crippen LogP contribution in [0.3, 0.4) is 0 Å². The molecular weight excluding hydrogens is 304 g/mol. The number of ether oxygens (including phenoxy) is 1. The van der Waals surface area contributed by atoms with Crippen LogP contribution < -0.4 is 10.1 Å². The van der Waals surface area contributed by atoms with Crippen LogP contribution in [0.2, 0.25) is 0 Å². The van der Waals surface area contributed by atoms with Crippen LogP contribution in [0, 0.1) is 0 Å². The van der Waals surface area contributed by atoms with Crippen molar-refractivity contribution in [1.29, 1.82) is 0 Å². The van der Waals surface area contributed by atoms with Crippen molar-refractivity contribution in [3.63, 3.8) is 0 Å². The lowest BCUT2D eigenvalue weighted by molar-refractivity contribution is -0.124. The molecule has 1 aliphatic carbocycles. The Morgan fingerprint density at radius 1 is 1.21 bits per heavy atom. The summed E-state index contributed by atoms with van der Waals surface area (Å²) in [4.78, 5) is 14.7. The monoisotopic (exact) mass is 332 g/mol. The number of para-hydroxylation sites is 1. The number of aliphatic hydroxyl groups is 1. The summed E-state index contributed by atoms with van der Waals surface area (Å²) in [6.45, 7) is 1.67. The highest BCUT2D eigenvalue weighted by atomic mass is 16.5. The summed E-state index contributed by atoms with van der Waals surface area (Å²) in [6.07, 6.45) is 6.80. The van der Waals surface area contributed by atoms with E-state index in [-0.39, 0.29) is 18.6 Å². The lowest BCUT2D eigenvalue weighted by Crippen LogP contribution is -2.46. The van der Waals surface area contributed by atoms with Gasteiger partial charge in [0.25, 0.3) is 0 Å². The average molecular weight is 332 g/mol. The van der Waals surface area contributed by atoms with Crippen LogP contribution >= 0.6 is 0 Å². The van der Waals surface area contributed by atoms with Gasteiger partial charge in [-0.2, -0.15) is 0 Å². The molecule has 1 aliphatic heterocycles. The molecule has 1 atom stereocenters. The van der Waals surface area contributed by atoms with E-state index in [1.807, 2.05) is 24.3 Å². The number of fused-ring (bicyclic) bond motifs is 1. The molecule has 3 rings (SSSR count). The summed E-state index contributed by atoms with van der Waals surface area (Å²) >= 11 is 0. The van der Waals surface area contributed by atoms with Crippen molar-refractivity contribution >= 4 is 5.91 Å². The van der Waals surface area contributed by atoms with Crippen molar-refractivity contribution in [2.24, 2.45) is 0 Å². The molecule has 0 aromatic heterocycles. The number of nitrogens with one attached hydrogen (secondary N) is 1. The number of aliphatic hydroxyl groups excluding tert-OH is 1. The number of hydrogen-bond donors (Lipinski definition) is 2. The summed E-state index contributed by atoms with van der Waals surface area (Å²) < 4.78 is 5.66. The van der Waals surface area contributed by atoms with E-state index in [0.29, 0.717) is 25.7 Å². The van der Waals surface area contributed by atoms with Gasteiger partial charge in [0.2, 0.25) is 5.91 Å². The third-order valence-electron chi connectivity index (χ3n) is 5.12. The number of benzene rings is 1. The summed E-state index contributed by atoms with van der Waals surface area (Å²) in [7, 11) is 0. The number of nitrogens with zero attached hydrogens (tertiary/aromatic N) is 1. The second-order valence-electron chi connectivity index (χ2n) is 6.78. The standard InChI is InChI=1S/C19H28N2O3/c22-12-11-21(15-6-2-1-3-7-15)14-19(23)20-17-10-13-24-18-9-5-4-8-16(17)18/h4-5,8-9,15,17,22H,1-3,6-7,10-14H2,(H,20,23). The van der Waals surface area contributed by atoms with Gasteiger partial charge in [-0.25, -0.2) is 0 Å². The van der Waals surface area contributed by atoms with Crippen molar-refractivity contribution in [3.05, 3.63) is 29.8 Å². The molecule has 1 saturated carbocycles. The first-order valence-electron chi connectivity index (χ1n) is 9.14. The minimum Gasteiger partial charge on any atom is -0.493 e. The molecule has 0 bridgehead atoms. The molecule has 1 fully saturated rings. The Morgan fingerprint density at radius 2 is 2.00 bits per heavy atom. The van der Waals surface area contributed by atoms with Crippen LogP contribution in [-0.2, 0) is 4.79 Å². The third-order valence-corrected chi connectivity index (χ3v) is 5.12. The molecule has 132 valence electrons. The maximum absolute atomic E-state index is 12.6. The molecule has 2 N–H and O–H groups in total. The molecule has 1 heterocycles. The minimum absolute atomic E-state index is 0.0183. The van der Waals surface area contributed by atoms with Gasteiger partial charge in [-0.1, -0.05) is 37.5 Å². The highest BCUT2D eigenvalue weighted by Gasteiger charge is 2.26. The fourth-order valence-corrected chi connectivity index (χ4v) is 3.88. The third kappa shape index (κ3) is 4.28. The largest absolute Gasteiger partial charge is 0.493 e. The van der Waals surface area contributed by atoms with Gasteiger partial charge < -0.3 is 15.2 Å². The van der Waals surface area contributed by atoms with Crippen LogP contribution in [0.4, 0.5) is 0 Å². The predicted octanol–water partition coefficient (Wildman–Crippen LogP) is 2.25. The lowest BCUT2D eigenvalue weighted by Gasteiger charge is -2.34. The molecule has 0 radical (unpaired) electrons. The van der Waals surface area contributed by atoms with Crippen molar-refractivity contribution in [2.45, 2.75) is 50.6 Å². The SMILES string of the molecule is O=C(CN(CCO)C1CCCCC1)NC1CCOc2ccccc21. The van der Waals surface area contributed by atoms with Gasteiger partial charge in [0, 0.05) is 24.6 Å². The van der Waals surface area contributed by atoms with Crippen LogP contribution in [0.5, 0.6) is 5.75 Å². The van der Waals surface area contributed by atoms with E-state index in [4.69, 9.17) is 4.74 Å². The van der Waals surface area contributed by atoms with E-state index < -0.39 is 0 Å². The highest BCUT2D eigenvalue weighted by molar-refractivity contribution is 5.78. The lowest BCUT2D eigenvalue weighted by atomic mass is 9.94. The van der Waals surface area contributed by atoms with Crippen LogP contribution in [0.25, 0.3) is 0 Å². The van der Waals surface area contributed by atoms with Crippen LogP contribution in [0.15, 0.2) is 24.3 Å². The Bertz CT molecular complexity index is 543. The van der Waals surface area contributed by atoms with E-state index in [1.54, 1.807) is 0 Å². The van der Waals surface area contributed by atoms with Crippen LogP contribution in [-0.4, -0.2) is 48.3 Å². The number of hydrogen-bond acceptors (Lipinski definition) is 4. The van der Waals surface area contributed by atoms with Crippen molar-refractivity contribution in [3.8, 4) is 5.75 Å². The Kier molecular flexibility index (Phi) is 6.10. The molecule has 5 heteroatoms. The van der Waals surface area contributed by atoms with Crippen molar-refractivity contribution < 1.29 is 14.6 Å². The molecule has 1 unspecified atom stereocenters. The number of carbonyl (C=O) groups excluding carboxylic acids is 1. The molecule has 5 nitrogen and oxygen atoms in total. The Balaban J connectivity index is 1.60. The molecule has 1 amide bonds. The Morgan fingerprint density at radius 3 is 2.79 bits per heavy atom. The van der Waals surface area contributed by atoms with Gasteiger partial charge in [0.15, 0.2) is 0 Å². The fraction of sp³-hybridized carbons (Fsp3) is 0.632. The second kappa shape index (κ2) is 8.49. The van der Waals surface area contributed by atoms with Crippen molar-refractivity contribution in [2.75, 3.05) is 26.3 Å². The van der Waals surface area contributed by atoms with Crippen LogP contribution in [0.1, 0.15) is 50.1 Å². The first-order valence-corrected chi connectivity index (χ1v) is 9.14. The topological polar surface area (TPSA) is 61.8 Å². The zero-order chi connectivity index (χ0) is 16.8. The van der Waals surface area contributed by atoms with Gasteiger partial charge in [0.05, 0.1) is 25.8 Å². The predicted molar refractivity (Wildman–Crippen MR) is 93.0 cm³/mol. The zero-order valence-electron chi connectivity index (χ0n) is 14.2. The van der Waals surface area contributed by atoms with E-state index in [1.165, 1.54) is 19.3 Å². The van der Waals surface area contributed by atoms with E-state index in [9.17, 15) is 9.90 Å². The van der Waals surface area contributed by atoms with Gasteiger partial charge in [0.1, 0.15) is 5.75 Å². The van der Waals surface area contributed by atoms with Gasteiger partial charge >= 0.3 is 0 Å². The average Bonchev–Trinajstić information content (AvgIpc) is 2.62. The minimum atomic E-state index is 0.0183. The summed E-state index contributed by atoms with van der Waals surface area (Å²) in [5, 5.41) is 12.5.